The lowest BCUT2D eigenvalue weighted by atomic mass is 10.1. The molecule has 1 amide bonds. The van der Waals surface area contributed by atoms with Crippen molar-refractivity contribution < 1.29 is 4.79 Å². The van der Waals surface area contributed by atoms with Gasteiger partial charge in [0.25, 0.3) is 5.91 Å². The van der Waals surface area contributed by atoms with Gasteiger partial charge in [0.15, 0.2) is 0 Å². The standard InChI is InChI=1S/C20H14N2O/c21-15-16-11-13-17(14-12-16)20(23)22(18-7-3-1-4-8-18)19-9-5-2-6-10-19/h1-14H. The first kappa shape index (κ1) is 14.6. The summed E-state index contributed by atoms with van der Waals surface area (Å²) in [6, 6.07) is 27.8. The molecule has 0 N–H and O–H groups in total. The van der Waals surface area contributed by atoms with Gasteiger partial charge in [-0.05, 0) is 48.5 Å². The average Bonchev–Trinajstić information content (AvgIpc) is 2.64. The molecule has 0 aliphatic rings. The smallest absolute Gasteiger partial charge is 0.262 e. The van der Waals surface area contributed by atoms with Crippen LogP contribution in [-0.4, -0.2) is 5.91 Å². The summed E-state index contributed by atoms with van der Waals surface area (Å²) >= 11 is 0. The number of amides is 1. The number of rotatable bonds is 3. The molecule has 3 aromatic rings. The second-order valence-electron chi connectivity index (χ2n) is 5.00. The lowest BCUT2D eigenvalue weighted by Gasteiger charge is -2.23. The van der Waals surface area contributed by atoms with Crippen LogP contribution in [-0.2, 0) is 0 Å². The first-order chi connectivity index (χ1) is 11.3. The van der Waals surface area contributed by atoms with Gasteiger partial charge < -0.3 is 0 Å². The molecule has 0 bridgehead atoms. The Balaban J connectivity index is 2.04. The van der Waals surface area contributed by atoms with Gasteiger partial charge in [-0.2, -0.15) is 5.26 Å². The van der Waals surface area contributed by atoms with Gasteiger partial charge in [0.2, 0.25) is 0 Å². The van der Waals surface area contributed by atoms with Gasteiger partial charge >= 0.3 is 0 Å². The molecule has 3 aromatic carbocycles. The van der Waals surface area contributed by atoms with E-state index in [1.165, 1.54) is 0 Å². The van der Waals surface area contributed by atoms with Gasteiger partial charge in [0.05, 0.1) is 11.6 Å². The van der Waals surface area contributed by atoms with Crippen LogP contribution in [0.4, 0.5) is 11.4 Å². The van der Waals surface area contributed by atoms with Gasteiger partial charge in [-0.1, -0.05) is 36.4 Å². The Bertz CT molecular complexity index is 795. The topological polar surface area (TPSA) is 44.1 Å². The third kappa shape index (κ3) is 3.12. The first-order valence-corrected chi connectivity index (χ1v) is 7.24. The molecule has 23 heavy (non-hydrogen) atoms. The summed E-state index contributed by atoms with van der Waals surface area (Å²) in [5.74, 6) is -0.133. The molecule has 0 radical (unpaired) electrons. The second-order valence-corrected chi connectivity index (χ2v) is 5.00. The van der Waals surface area contributed by atoms with Crippen LogP contribution >= 0.6 is 0 Å². The summed E-state index contributed by atoms with van der Waals surface area (Å²) in [7, 11) is 0. The highest BCUT2D eigenvalue weighted by Gasteiger charge is 2.19. The Hall–Kier alpha value is -3.38. The monoisotopic (exact) mass is 298 g/mol. The van der Waals surface area contributed by atoms with Crippen molar-refractivity contribution >= 4 is 17.3 Å². The zero-order valence-corrected chi connectivity index (χ0v) is 12.4. The molecule has 3 rings (SSSR count). The first-order valence-electron chi connectivity index (χ1n) is 7.24. The minimum atomic E-state index is -0.133. The fourth-order valence-electron chi connectivity index (χ4n) is 2.35. The van der Waals surface area contributed by atoms with Gasteiger partial charge in [-0.15, -0.1) is 0 Å². The normalized spacial score (nSPS) is 9.87. The SMILES string of the molecule is N#Cc1ccc(C(=O)N(c2ccccc2)c2ccccc2)cc1. The Kier molecular flexibility index (Phi) is 4.17. The van der Waals surface area contributed by atoms with Crippen molar-refractivity contribution in [1.82, 2.24) is 0 Å². The van der Waals surface area contributed by atoms with E-state index in [9.17, 15) is 4.79 Å². The zero-order chi connectivity index (χ0) is 16.1. The molecule has 0 aliphatic carbocycles. The van der Waals surface area contributed by atoms with E-state index in [1.54, 1.807) is 29.2 Å². The number of para-hydroxylation sites is 2. The van der Waals surface area contributed by atoms with E-state index in [0.29, 0.717) is 11.1 Å². The molecular formula is C20H14N2O. The van der Waals surface area contributed by atoms with E-state index >= 15 is 0 Å². The summed E-state index contributed by atoms with van der Waals surface area (Å²) in [5.41, 5.74) is 2.67. The third-order valence-electron chi connectivity index (χ3n) is 3.49. The van der Waals surface area contributed by atoms with Crippen molar-refractivity contribution in [1.29, 1.82) is 5.26 Å². The van der Waals surface area contributed by atoms with Crippen LogP contribution in [0.25, 0.3) is 0 Å². The molecule has 110 valence electrons. The maximum atomic E-state index is 13.0. The lowest BCUT2D eigenvalue weighted by Crippen LogP contribution is -2.25. The van der Waals surface area contributed by atoms with Crippen molar-refractivity contribution in [3.63, 3.8) is 0 Å². The Morgan fingerprint density at radius 1 is 0.739 bits per heavy atom. The highest BCUT2D eigenvalue weighted by molar-refractivity contribution is 6.10. The highest BCUT2D eigenvalue weighted by atomic mass is 16.2. The second kappa shape index (κ2) is 6.59. The summed E-state index contributed by atoms with van der Waals surface area (Å²) in [5, 5.41) is 8.89. The number of carbonyl (C=O) groups is 1. The number of benzene rings is 3. The Morgan fingerprint density at radius 3 is 1.65 bits per heavy atom. The fourth-order valence-corrected chi connectivity index (χ4v) is 2.35. The molecule has 3 nitrogen and oxygen atoms in total. The number of nitriles is 1. The fraction of sp³-hybridized carbons (Fsp3) is 0. The molecule has 0 saturated heterocycles. The quantitative estimate of drug-likeness (QED) is 0.712. The van der Waals surface area contributed by atoms with Crippen LogP contribution in [0.15, 0.2) is 84.9 Å². The minimum Gasteiger partial charge on any atom is -0.277 e. The van der Waals surface area contributed by atoms with E-state index in [4.69, 9.17) is 5.26 Å². The minimum absolute atomic E-state index is 0.133. The van der Waals surface area contributed by atoms with Crippen LogP contribution in [0.2, 0.25) is 0 Å². The third-order valence-corrected chi connectivity index (χ3v) is 3.49. The molecule has 0 atom stereocenters. The van der Waals surface area contributed by atoms with Crippen LogP contribution in [0, 0.1) is 11.3 Å². The van der Waals surface area contributed by atoms with Crippen LogP contribution in [0.5, 0.6) is 0 Å². The predicted molar refractivity (Wildman–Crippen MR) is 90.5 cm³/mol. The van der Waals surface area contributed by atoms with Gasteiger partial charge in [-0.3, -0.25) is 9.69 Å². The zero-order valence-electron chi connectivity index (χ0n) is 12.4. The summed E-state index contributed by atoms with van der Waals surface area (Å²) in [6.07, 6.45) is 0. The van der Waals surface area contributed by atoms with Crippen LogP contribution in [0.1, 0.15) is 15.9 Å². The maximum Gasteiger partial charge on any atom is 0.262 e. The summed E-state index contributed by atoms with van der Waals surface area (Å²) in [6.45, 7) is 0. The molecule has 3 heteroatoms. The van der Waals surface area contributed by atoms with E-state index in [0.717, 1.165) is 11.4 Å². The lowest BCUT2D eigenvalue weighted by molar-refractivity contribution is 0.0999. The van der Waals surface area contributed by atoms with Crippen molar-refractivity contribution in [3.8, 4) is 6.07 Å². The number of hydrogen-bond donors (Lipinski definition) is 0. The molecule has 0 unspecified atom stereocenters. The van der Waals surface area contributed by atoms with Crippen molar-refractivity contribution in [2.24, 2.45) is 0 Å². The predicted octanol–water partition coefficient (Wildman–Crippen LogP) is 4.54. The van der Waals surface area contributed by atoms with Crippen molar-refractivity contribution in [3.05, 3.63) is 96.1 Å². The molecule has 0 aliphatic heterocycles. The molecule has 0 spiro atoms. The van der Waals surface area contributed by atoms with Crippen molar-refractivity contribution in [2.45, 2.75) is 0 Å². The van der Waals surface area contributed by atoms with E-state index in [2.05, 4.69) is 6.07 Å². The average molecular weight is 298 g/mol. The summed E-state index contributed by atoms with van der Waals surface area (Å²) in [4.78, 5) is 14.7. The maximum absolute atomic E-state index is 13.0. The Morgan fingerprint density at radius 2 is 1.22 bits per heavy atom. The highest BCUT2D eigenvalue weighted by Crippen LogP contribution is 2.27. The number of nitrogens with zero attached hydrogens (tertiary/aromatic N) is 2. The van der Waals surface area contributed by atoms with Gasteiger partial charge in [0.1, 0.15) is 0 Å². The van der Waals surface area contributed by atoms with Crippen LogP contribution < -0.4 is 4.90 Å². The van der Waals surface area contributed by atoms with E-state index < -0.39 is 0 Å². The number of hydrogen-bond acceptors (Lipinski definition) is 2. The molecule has 0 fully saturated rings. The number of carbonyl (C=O) groups excluding carboxylic acids is 1. The van der Waals surface area contributed by atoms with Gasteiger partial charge in [-0.25, -0.2) is 0 Å². The molecule has 0 heterocycles. The van der Waals surface area contributed by atoms with Crippen molar-refractivity contribution in [2.75, 3.05) is 4.90 Å². The largest absolute Gasteiger partial charge is 0.277 e. The summed E-state index contributed by atoms with van der Waals surface area (Å²) < 4.78 is 0. The van der Waals surface area contributed by atoms with E-state index in [1.807, 2.05) is 60.7 Å². The number of anilines is 2. The molecule has 0 saturated carbocycles. The van der Waals surface area contributed by atoms with Gasteiger partial charge in [0, 0.05) is 16.9 Å². The Labute approximate surface area is 135 Å². The molecular weight excluding hydrogens is 284 g/mol. The molecule has 0 aromatic heterocycles. The van der Waals surface area contributed by atoms with E-state index in [-0.39, 0.29) is 5.91 Å². The van der Waals surface area contributed by atoms with Crippen LogP contribution in [0.3, 0.4) is 0 Å².